The molecule has 3 aromatic carbocycles. The number of nitrogens with one attached hydrogen (secondary N) is 2. The van der Waals surface area contributed by atoms with E-state index < -0.39 is 5.91 Å². The SMILES string of the molecule is COc1ccc(CN(C)Cc2ccc(NC(C)=C3C(=O)Nc4cc(C(N)=O)ccc43)cc2)cc1OC. The molecule has 186 valence electrons. The van der Waals surface area contributed by atoms with Gasteiger partial charge in [-0.25, -0.2) is 0 Å². The molecule has 0 fully saturated rings. The number of carbonyl (C=O) groups excluding carboxylic acids is 2. The van der Waals surface area contributed by atoms with Crippen LogP contribution in [0.25, 0.3) is 5.57 Å². The number of primary amides is 1. The molecule has 0 atom stereocenters. The highest BCUT2D eigenvalue weighted by Crippen LogP contribution is 2.35. The highest BCUT2D eigenvalue weighted by Gasteiger charge is 2.27. The van der Waals surface area contributed by atoms with Gasteiger partial charge in [-0.05, 0) is 61.5 Å². The molecule has 0 bridgehead atoms. The fraction of sp³-hybridized carbons (Fsp3) is 0.214. The first-order valence-corrected chi connectivity index (χ1v) is 11.5. The monoisotopic (exact) mass is 486 g/mol. The number of rotatable bonds is 9. The second kappa shape index (κ2) is 10.5. The molecule has 4 rings (SSSR count). The summed E-state index contributed by atoms with van der Waals surface area (Å²) < 4.78 is 10.7. The molecule has 0 saturated heterocycles. The van der Waals surface area contributed by atoms with E-state index in [0.717, 1.165) is 46.9 Å². The lowest BCUT2D eigenvalue weighted by Gasteiger charge is -2.18. The number of anilines is 2. The molecule has 0 saturated carbocycles. The summed E-state index contributed by atoms with van der Waals surface area (Å²) in [5, 5.41) is 6.13. The van der Waals surface area contributed by atoms with Crippen molar-refractivity contribution in [3.63, 3.8) is 0 Å². The van der Waals surface area contributed by atoms with Gasteiger partial charge in [0.2, 0.25) is 5.91 Å². The normalized spacial score (nSPS) is 13.8. The maximum absolute atomic E-state index is 12.6. The summed E-state index contributed by atoms with van der Waals surface area (Å²) in [6, 6.07) is 19.0. The van der Waals surface area contributed by atoms with Crippen LogP contribution < -0.4 is 25.8 Å². The fourth-order valence-electron chi connectivity index (χ4n) is 4.33. The summed E-state index contributed by atoms with van der Waals surface area (Å²) in [6.07, 6.45) is 0. The molecule has 1 aliphatic heterocycles. The molecule has 1 heterocycles. The van der Waals surface area contributed by atoms with Gasteiger partial charge >= 0.3 is 0 Å². The molecule has 3 aromatic rings. The zero-order valence-corrected chi connectivity index (χ0v) is 20.8. The second-order valence-electron chi connectivity index (χ2n) is 8.76. The average Bonchev–Trinajstić information content (AvgIpc) is 3.19. The van der Waals surface area contributed by atoms with Crippen LogP contribution in [-0.4, -0.2) is 38.0 Å². The van der Waals surface area contributed by atoms with E-state index in [0.29, 0.717) is 22.6 Å². The summed E-state index contributed by atoms with van der Waals surface area (Å²) in [7, 11) is 5.33. The topological polar surface area (TPSA) is 106 Å². The van der Waals surface area contributed by atoms with Crippen LogP contribution in [0.1, 0.15) is 34.0 Å². The Morgan fingerprint density at radius 3 is 2.28 bits per heavy atom. The van der Waals surface area contributed by atoms with Gasteiger partial charge in [0.25, 0.3) is 5.91 Å². The summed E-state index contributed by atoms with van der Waals surface area (Å²) in [5.41, 5.74) is 11.5. The number of methoxy groups -OCH3 is 2. The number of nitrogens with two attached hydrogens (primary N) is 1. The van der Waals surface area contributed by atoms with Gasteiger partial charge < -0.3 is 25.8 Å². The van der Waals surface area contributed by atoms with Crippen molar-refractivity contribution >= 4 is 28.8 Å². The van der Waals surface area contributed by atoms with Crippen LogP contribution >= 0.6 is 0 Å². The van der Waals surface area contributed by atoms with Gasteiger partial charge in [-0.2, -0.15) is 0 Å². The van der Waals surface area contributed by atoms with Crippen LogP contribution in [0.2, 0.25) is 0 Å². The van der Waals surface area contributed by atoms with Crippen molar-refractivity contribution in [2.24, 2.45) is 5.73 Å². The Balaban J connectivity index is 1.42. The number of hydrogen-bond acceptors (Lipinski definition) is 6. The third-order valence-electron chi connectivity index (χ3n) is 6.06. The maximum atomic E-state index is 12.6. The smallest absolute Gasteiger partial charge is 0.258 e. The summed E-state index contributed by atoms with van der Waals surface area (Å²) in [5.74, 6) is 0.681. The number of carbonyl (C=O) groups is 2. The number of nitrogens with zero attached hydrogens (tertiary/aromatic N) is 1. The molecule has 1 aliphatic rings. The van der Waals surface area contributed by atoms with Gasteiger partial charge in [0.15, 0.2) is 11.5 Å². The van der Waals surface area contributed by atoms with E-state index in [2.05, 4.69) is 34.7 Å². The summed E-state index contributed by atoms with van der Waals surface area (Å²) >= 11 is 0. The highest BCUT2D eigenvalue weighted by molar-refractivity contribution is 6.32. The predicted octanol–water partition coefficient (Wildman–Crippen LogP) is 4.23. The van der Waals surface area contributed by atoms with Gasteiger partial charge in [0, 0.05) is 41.3 Å². The molecule has 0 aromatic heterocycles. The Labute approximate surface area is 210 Å². The molecule has 36 heavy (non-hydrogen) atoms. The number of hydrogen-bond donors (Lipinski definition) is 3. The van der Waals surface area contributed by atoms with Gasteiger partial charge in [-0.3, -0.25) is 14.5 Å². The second-order valence-corrected chi connectivity index (χ2v) is 8.76. The van der Waals surface area contributed by atoms with Crippen molar-refractivity contribution < 1.29 is 19.1 Å². The van der Waals surface area contributed by atoms with Gasteiger partial charge in [0.05, 0.1) is 19.8 Å². The lowest BCUT2D eigenvalue weighted by Crippen LogP contribution is -2.17. The zero-order valence-electron chi connectivity index (χ0n) is 20.8. The Morgan fingerprint density at radius 2 is 1.61 bits per heavy atom. The highest BCUT2D eigenvalue weighted by atomic mass is 16.5. The van der Waals surface area contributed by atoms with E-state index in [9.17, 15) is 9.59 Å². The Bertz CT molecular complexity index is 1330. The van der Waals surface area contributed by atoms with Crippen LogP contribution in [0.3, 0.4) is 0 Å². The van der Waals surface area contributed by atoms with E-state index in [-0.39, 0.29) is 5.91 Å². The molecule has 8 nitrogen and oxygen atoms in total. The zero-order chi connectivity index (χ0) is 25.8. The lowest BCUT2D eigenvalue weighted by atomic mass is 10.0. The Kier molecular flexibility index (Phi) is 7.26. The van der Waals surface area contributed by atoms with E-state index in [4.69, 9.17) is 15.2 Å². The fourth-order valence-corrected chi connectivity index (χ4v) is 4.33. The number of ether oxygens (including phenoxy) is 2. The van der Waals surface area contributed by atoms with Gasteiger partial charge in [-0.1, -0.05) is 24.3 Å². The molecule has 0 spiro atoms. The standard InChI is InChI=1S/C28H30N4O4/c1-17(26-22-11-8-20(27(29)33)14-23(22)31-28(26)34)30-21-9-5-18(6-10-21)15-32(2)16-19-7-12-24(35-3)25(13-19)36-4/h5-14,30H,15-16H2,1-4H3,(H2,29,33)(H,31,34). The minimum absolute atomic E-state index is 0.218. The van der Waals surface area contributed by atoms with Crippen molar-refractivity contribution in [3.05, 3.63) is 88.6 Å². The minimum Gasteiger partial charge on any atom is -0.493 e. The largest absolute Gasteiger partial charge is 0.493 e. The lowest BCUT2D eigenvalue weighted by molar-refractivity contribution is -0.110. The Hall–Kier alpha value is -4.30. The maximum Gasteiger partial charge on any atom is 0.258 e. The van der Waals surface area contributed by atoms with Crippen molar-refractivity contribution in [1.29, 1.82) is 0 Å². The third kappa shape index (κ3) is 5.34. The first-order chi connectivity index (χ1) is 17.3. The quantitative estimate of drug-likeness (QED) is 0.391. The molecule has 0 unspecified atom stereocenters. The molecule has 4 N–H and O–H groups in total. The molecular formula is C28H30N4O4. The van der Waals surface area contributed by atoms with E-state index >= 15 is 0 Å². The number of allylic oxidation sites excluding steroid dienone is 1. The first-order valence-electron chi connectivity index (χ1n) is 11.5. The van der Waals surface area contributed by atoms with E-state index in [1.54, 1.807) is 32.4 Å². The van der Waals surface area contributed by atoms with Crippen LogP contribution in [0, 0.1) is 0 Å². The molecule has 2 amide bonds. The first kappa shape index (κ1) is 24.8. The number of fused-ring (bicyclic) bond motifs is 1. The summed E-state index contributed by atoms with van der Waals surface area (Å²) in [6.45, 7) is 3.39. The molecular weight excluding hydrogens is 456 g/mol. The minimum atomic E-state index is -0.534. The summed E-state index contributed by atoms with van der Waals surface area (Å²) in [4.78, 5) is 26.3. The van der Waals surface area contributed by atoms with Gasteiger partial charge in [0.1, 0.15) is 0 Å². The van der Waals surface area contributed by atoms with Crippen molar-refractivity contribution in [3.8, 4) is 11.5 Å². The van der Waals surface area contributed by atoms with Crippen molar-refractivity contribution in [2.45, 2.75) is 20.0 Å². The van der Waals surface area contributed by atoms with E-state index in [1.165, 1.54) is 0 Å². The van der Waals surface area contributed by atoms with Crippen molar-refractivity contribution in [2.75, 3.05) is 31.9 Å². The van der Waals surface area contributed by atoms with Crippen LogP contribution in [0.5, 0.6) is 11.5 Å². The van der Waals surface area contributed by atoms with Gasteiger partial charge in [-0.15, -0.1) is 0 Å². The Morgan fingerprint density at radius 1 is 0.944 bits per heavy atom. The van der Waals surface area contributed by atoms with E-state index in [1.807, 2.05) is 37.3 Å². The predicted molar refractivity (Wildman–Crippen MR) is 141 cm³/mol. The molecule has 0 aliphatic carbocycles. The van der Waals surface area contributed by atoms with Crippen molar-refractivity contribution in [1.82, 2.24) is 4.90 Å². The number of benzene rings is 3. The van der Waals surface area contributed by atoms with Crippen LogP contribution in [0.15, 0.2) is 66.4 Å². The average molecular weight is 487 g/mol. The van der Waals surface area contributed by atoms with Crippen LogP contribution in [-0.2, 0) is 17.9 Å². The number of amides is 2. The molecule has 8 heteroatoms. The third-order valence-corrected chi connectivity index (χ3v) is 6.06. The van der Waals surface area contributed by atoms with Crippen LogP contribution in [0.4, 0.5) is 11.4 Å². The molecule has 0 radical (unpaired) electrons.